The molecule has 3 nitrogen and oxygen atoms in total. The monoisotopic (exact) mass is 117 g/mol. The molecule has 1 aromatic rings. The van der Waals surface area contributed by atoms with Crippen LogP contribution in [0.4, 0.5) is 0 Å². The van der Waals surface area contributed by atoms with Crippen molar-refractivity contribution in [1.29, 1.82) is 5.26 Å². The van der Waals surface area contributed by atoms with Crippen molar-refractivity contribution in [2.24, 2.45) is 0 Å². The average Bonchev–Trinajstić information content (AvgIpc) is 2.34. The number of aromatic amines is 1. The van der Waals surface area contributed by atoms with Gasteiger partial charge in [0.25, 0.3) is 0 Å². The van der Waals surface area contributed by atoms with Gasteiger partial charge >= 0.3 is 0 Å². The van der Waals surface area contributed by atoms with E-state index in [1.807, 2.05) is 0 Å². The number of nitriles is 1. The lowest BCUT2D eigenvalue weighted by Crippen LogP contribution is -1.67. The van der Waals surface area contributed by atoms with Crippen LogP contribution in [0, 0.1) is 23.2 Å². The number of nitrogens with zero attached hydrogens (tertiary/aromatic N) is 2. The van der Waals surface area contributed by atoms with Crippen molar-refractivity contribution in [3.8, 4) is 17.9 Å². The quantitative estimate of drug-likeness (QED) is 0.496. The molecular formula is C6H3N3. The minimum absolute atomic E-state index is 0.663. The van der Waals surface area contributed by atoms with E-state index in [9.17, 15) is 0 Å². The molecule has 0 fully saturated rings. The van der Waals surface area contributed by atoms with Crippen molar-refractivity contribution < 1.29 is 0 Å². The van der Waals surface area contributed by atoms with Crippen molar-refractivity contribution in [3.05, 3.63) is 18.2 Å². The Hall–Kier alpha value is -1.74. The summed E-state index contributed by atoms with van der Waals surface area (Å²) in [4.78, 5) is 6.44. The zero-order valence-electron chi connectivity index (χ0n) is 4.55. The molecule has 1 rings (SSSR count). The van der Waals surface area contributed by atoms with Crippen LogP contribution in [0.25, 0.3) is 0 Å². The van der Waals surface area contributed by atoms with Crippen molar-refractivity contribution in [2.75, 3.05) is 0 Å². The maximum atomic E-state index is 8.01. The van der Waals surface area contributed by atoms with E-state index in [2.05, 4.69) is 21.8 Å². The largest absolute Gasteiger partial charge is 0.338 e. The van der Waals surface area contributed by atoms with Crippen LogP contribution < -0.4 is 0 Å². The number of imidazole rings is 1. The number of hydrogen-bond donors (Lipinski definition) is 1. The summed E-state index contributed by atoms with van der Waals surface area (Å²) in [6, 6.07) is 1.70. The van der Waals surface area contributed by atoms with Crippen molar-refractivity contribution >= 4 is 0 Å². The molecule has 0 bridgehead atoms. The third kappa shape index (κ3) is 1.32. The van der Waals surface area contributed by atoms with Gasteiger partial charge < -0.3 is 4.98 Å². The second-order valence-corrected chi connectivity index (χ2v) is 1.33. The highest BCUT2D eigenvalue weighted by Crippen LogP contribution is 1.83. The minimum Gasteiger partial charge on any atom is -0.338 e. The summed E-state index contributed by atoms with van der Waals surface area (Å²) in [5, 5.41) is 8.01. The lowest BCUT2D eigenvalue weighted by molar-refractivity contribution is 1.30. The summed E-state index contributed by atoms with van der Waals surface area (Å²) in [7, 11) is 0. The SMILES string of the molecule is N#CC#Cc1cnc[nH]1. The van der Waals surface area contributed by atoms with E-state index in [1.54, 1.807) is 12.3 Å². The molecule has 0 unspecified atom stereocenters. The van der Waals surface area contributed by atoms with Crippen LogP contribution in [0.2, 0.25) is 0 Å². The van der Waals surface area contributed by atoms with Gasteiger partial charge in [0.05, 0.1) is 12.5 Å². The normalized spacial score (nSPS) is 7.00. The predicted octanol–water partition coefficient (Wildman–Crippen LogP) is 0.285. The standard InChI is InChI=1S/C6H3N3/c7-3-1-2-6-4-8-5-9-6/h4-5H,(H,8,9). The fourth-order valence-corrected chi connectivity index (χ4v) is 0.420. The maximum absolute atomic E-state index is 8.01. The molecule has 0 aliphatic carbocycles. The van der Waals surface area contributed by atoms with Gasteiger partial charge in [0.1, 0.15) is 5.69 Å². The highest BCUT2D eigenvalue weighted by molar-refractivity contribution is 5.30. The van der Waals surface area contributed by atoms with Gasteiger partial charge in [-0.3, -0.25) is 0 Å². The second kappa shape index (κ2) is 2.54. The van der Waals surface area contributed by atoms with Gasteiger partial charge in [-0.15, -0.1) is 0 Å². The fourth-order valence-electron chi connectivity index (χ4n) is 0.420. The Morgan fingerprint density at radius 1 is 1.67 bits per heavy atom. The Bertz CT molecular complexity index is 267. The highest BCUT2D eigenvalue weighted by Gasteiger charge is 1.80. The molecule has 1 aromatic heterocycles. The molecule has 0 saturated heterocycles. The van der Waals surface area contributed by atoms with E-state index in [0.29, 0.717) is 5.69 Å². The second-order valence-electron chi connectivity index (χ2n) is 1.33. The van der Waals surface area contributed by atoms with Gasteiger partial charge in [-0.2, -0.15) is 5.26 Å². The van der Waals surface area contributed by atoms with E-state index in [-0.39, 0.29) is 0 Å². The first-order valence-electron chi connectivity index (χ1n) is 2.32. The number of rotatable bonds is 0. The van der Waals surface area contributed by atoms with Crippen molar-refractivity contribution in [2.45, 2.75) is 0 Å². The molecule has 3 heteroatoms. The van der Waals surface area contributed by atoms with E-state index in [0.717, 1.165) is 0 Å². The molecule has 42 valence electrons. The van der Waals surface area contributed by atoms with E-state index < -0.39 is 0 Å². The molecule has 0 amide bonds. The topological polar surface area (TPSA) is 52.5 Å². The number of hydrogen-bond acceptors (Lipinski definition) is 2. The third-order valence-electron chi connectivity index (χ3n) is 0.751. The molecule has 0 saturated carbocycles. The maximum Gasteiger partial charge on any atom is 0.152 e. The molecule has 0 aliphatic rings. The molecule has 1 heterocycles. The van der Waals surface area contributed by atoms with Gasteiger partial charge in [-0.1, -0.05) is 0 Å². The smallest absolute Gasteiger partial charge is 0.152 e. The molecular weight excluding hydrogens is 114 g/mol. The Morgan fingerprint density at radius 2 is 2.56 bits per heavy atom. The Balaban J connectivity index is 2.82. The third-order valence-corrected chi connectivity index (χ3v) is 0.751. The molecule has 0 spiro atoms. The van der Waals surface area contributed by atoms with Crippen molar-refractivity contribution in [1.82, 2.24) is 9.97 Å². The van der Waals surface area contributed by atoms with Crippen LogP contribution in [-0.2, 0) is 0 Å². The lowest BCUT2D eigenvalue weighted by atomic mass is 10.5. The van der Waals surface area contributed by atoms with Crippen LogP contribution in [-0.4, -0.2) is 9.97 Å². The van der Waals surface area contributed by atoms with E-state index in [4.69, 9.17) is 5.26 Å². The summed E-state index contributed by atoms with van der Waals surface area (Å²) in [5.74, 6) is 4.78. The van der Waals surface area contributed by atoms with Gasteiger partial charge in [-0.25, -0.2) is 4.98 Å². The summed E-state index contributed by atoms with van der Waals surface area (Å²) in [6.07, 6.45) is 3.08. The highest BCUT2D eigenvalue weighted by atomic mass is 14.8. The number of H-pyrrole nitrogens is 1. The summed E-state index contributed by atoms with van der Waals surface area (Å²) in [6.45, 7) is 0. The van der Waals surface area contributed by atoms with Gasteiger partial charge in [0.2, 0.25) is 0 Å². The average molecular weight is 117 g/mol. The summed E-state index contributed by atoms with van der Waals surface area (Å²) < 4.78 is 0. The summed E-state index contributed by atoms with van der Waals surface area (Å²) >= 11 is 0. The van der Waals surface area contributed by atoms with E-state index >= 15 is 0 Å². The van der Waals surface area contributed by atoms with Crippen LogP contribution in [0.1, 0.15) is 5.69 Å². The van der Waals surface area contributed by atoms with Gasteiger partial charge in [-0.05, 0) is 5.92 Å². The molecule has 0 aliphatic heterocycles. The van der Waals surface area contributed by atoms with Gasteiger partial charge in [0, 0.05) is 5.92 Å². The van der Waals surface area contributed by atoms with Crippen LogP contribution >= 0.6 is 0 Å². The first-order valence-corrected chi connectivity index (χ1v) is 2.32. The predicted molar refractivity (Wildman–Crippen MR) is 31.1 cm³/mol. The van der Waals surface area contributed by atoms with Crippen LogP contribution in [0.5, 0.6) is 0 Å². The zero-order chi connectivity index (χ0) is 6.53. The molecule has 0 radical (unpaired) electrons. The first-order chi connectivity index (χ1) is 4.43. The lowest BCUT2D eigenvalue weighted by Gasteiger charge is -1.69. The van der Waals surface area contributed by atoms with Crippen LogP contribution in [0.3, 0.4) is 0 Å². The molecule has 0 atom stereocenters. The van der Waals surface area contributed by atoms with Crippen molar-refractivity contribution in [3.63, 3.8) is 0 Å². The Labute approximate surface area is 52.3 Å². The van der Waals surface area contributed by atoms with Crippen LogP contribution in [0.15, 0.2) is 12.5 Å². The van der Waals surface area contributed by atoms with E-state index in [1.165, 1.54) is 6.33 Å². The first kappa shape index (κ1) is 5.40. The fraction of sp³-hybridized carbons (Fsp3) is 0. The Kier molecular flexibility index (Phi) is 1.52. The minimum atomic E-state index is 0.663. The summed E-state index contributed by atoms with van der Waals surface area (Å²) in [5.41, 5.74) is 0.663. The number of nitrogens with one attached hydrogen (secondary N) is 1. The molecule has 1 N–H and O–H groups in total. The number of aromatic nitrogens is 2. The zero-order valence-corrected chi connectivity index (χ0v) is 4.55. The molecule has 9 heavy (non-hydrogen) atoms. The molecule has 0 aromatic carbocycles. The van der Waals surface area contributed by atoms with Gasteiger partial charge in [0.15, 0.2) is 6.07 Å². The Morgan fingerprint density at radius 3 is 3.11 bits per heavy atom.